The highest BCUT2D eigenvalue weighted by Crippen LogP contribution is 2.46. The van der Waals surface area contributed by atoms with Crippen molar-refractivity contribution in [3.05, 3.63) is 0 Å². The largest absolute Gasteiger partial charge is 0.389 e. The molecule has 0 saturated heterocycles. The van der Waals surface area contributed by atoms with E-state index < -0.39 is 0 Å². The van der Waals surface area contributed by atoms with E-state index in [0.717, 1.165) is 6.42 Å². The van der Waals surface area contributed by atoms with E-state index in [2.05, 4.69) is 13.8 Å². The predicted molar refractivity (Wildman–Crippen MR) is 72.9 cm³/mol. The van der Waals surface area contributed by atoms with Crippen molar-refractivity contribution in [2.75, 3.05) is 0 Å². The lowest BCUT2D eigenvalue weighted by Gasteiger charge is -2.44. The Morgan fingerprint density at radius 2 is 1.29 bits per heavy atom. The zero-order valence-electron chi connectivity index (χ0n) is 11.8. The molecule has 0 aromatic heterocycles. The molecule has 1 heteroatoms. The molecule has 0 aliphatic heterocycles. The zero-order chi connectivity index (χ0) is 12.3. The van der Waals surface area contributed by atoms with Crippen LogP contribution in [0.5, 0.6) is 0 Å². The van der Waals surface area contributed by atoms with Gasteiger partial charge >= 0.3 is 0 Å². The highest BCUT2D eigenvalue weighted by molar-refractivity contribution is 4.96. The van der Waals surface area contributed by atoms with Crippen LogP contribution in [-0.2, 0) is 0 Å². The van der Waals surface area contributed by atoms with Gasteiger partial charge in [-0.15, -0.1) is 0 Å². The fourth-order valence-electron chi connectivity index (χ4n) is 4.35. The molecule has 0 radical (unpaired) electrons. The maximum absolute atomic E-state index is 11.3. The summed E-state index contributed by atoms with van der Waals surface area (Å²) in [6.07, 6.45) is 12.9. The van der Waals surface area contributed by atoms with Gasteiger partial charge < -0.3 is 5.11 Å². The Morgan fingerprint density at radius 3 is 1.71 bits per heavy atom. The van der Waals surface area contributed by atoms with Crippen LogP contribution in [0.25, 0.3) is 0 Å². The first-order valence-corrected chi connectivity index (χ1v) is 7.85. The van der Waals surface area contributed by atoms with Gasteiger partial charge in [0.15, 0.2) is 0 Å². The van der Waals surface area contributed by atoms with E-state index in [4.69, 9.17) is 0 Å². The molecule has 0 aromatic rings. The molecule has 17 heavy (non-hydrogen) atoms. The summed E-state index contributed by atoms with van der Waals surface area (Å²) in [5.74, 6) is 1.83. The average Bonchev–Trinajstić information content (AvgIpc) is 2.83. The van der Waals surface area contributed by atoms with E-state index in [1.54, 1.807) is 0 Å². The molecular formula is C16H30O. The minimum absolute atomic E-state index is 0.328. The Morgan fingerprint density at radius 1 is 0.882 bits per heavy atom. The zero-order valence-corrected chi connectivity index (χ0v) is 11.8. The van der Waals surface area contributed by atoms with Crippen LogP contribution in [0.1, 0.15) is 78.1 Å². The lowest BCUT2D eigenvalue weighted by Crippen LogP contribution is -2.46. The summed E-state index contributed by atoms with van der Waals surface area (Å²) in [5, 5.41) is 11.3. The fraction of sp³-hybridized carbons (Fsp3) is 1.00. The lowest BCUT2D eigenvalue weighted by atomic mass is 9.66. The quantitative estimate of drug-likeness (QED) is 0.762. The van der Waals surface area contributed by atoms with Crippen molar-refractivity contribution in [1.29, 1.82) is 0 Å². The lowest BCUT2D eigenvalue weighted by molar-refractivity contribution is -0.0935. The normalized spacial score (nSPS) is 27.5. The number of hydrogen-bond donors (Lipinski definition) is 1. The van der Waals surface area contributed by atoms with Crippen molar-refractivity contribution < 1.29 is 5.11 Å². The molecule has 0 amide bonds. The monoisotopic (exact) mass is 238 g/mol. The molecule has 0 heterocycles. The molecular weight excluding hydrogens is 208 g/mol. The van der Waals surface area contributed by atoms with Crippen LogP contribution in [0.4, 0.5) is 0 Å². The molecule has 2 aliphatic carbocycles. The minimum Gasteiger partial charge on any atom is -0.389 e. The Balaban J connectivity index is 2.09. The van der Waals surface area contributed by atoms with Crippen LogP contribution in [0.3, 0.4) is 0 Å². The van der Waals surface area contributed by atoms with Crippen molar-refractivity contribution in [3.63, 3.8) is 0 Å². The smallest absolute Gasteiger partial charge is 0.0706 e. The van der Waals surface area contributed by atoms with E-state index >= 15 is 0 Å². The highest BCUT2D eigenvalue weighted by atomic mass is 16.3. The molecule has 1 atom stereocenters. The number of rotatable bonds is 4. The number of hydrogen-bond acceptors (Lipinski definition) is 1. The van der Waals surface area contributed by atoms with Gasteiger partial charge in [-0.25, -0.2) is 0 Å². The number of aliphatic hydroxyl groups is 1. The van der Waals surface area contributed by atoms with E-state index in [-0.39, 0.29) is 5.60 Å². The van der Waals surface area contributed by atoms with Crippen LogP contribution in [0.2, 0.25) is 0 Å². The predicted octanol–water partition coefficient (Wildman–Crippen LogP) is 4.53. The average molecular weight is 238 g/mol. The highest BCUT2D eigenvalue weighted by Gasteiger charge is 2.44. The van der Waals surface area contributed by atoms with Gasteiger partial charge in [-0.05, 0) is 49.9 Å². The van der Waals surface area contributed by atoms with Gasteiger partial charge in [0.1, 0.15) is 0 Å². The molecule has 2 aliphatic rings. The molecule has 0 spiro atoms. The van der Waals surface area contributed by atoms with Gasteiger partial charge in [-0.2, -0.15) is 0 Å². The van der Waals surface area contributed by atoms with Crippen molar-refractivity contribution >= 4 is 0 Å². The van der Waals surface area contributed by atoms with Crippen molar-refractivity contribution in [2.24, 2.45) is 17.8 Å². The molecule has 1 nitrogen and oxygen atoms in total. The van der Waals surface area contributed by atoms with Gasteiger partial charge in [0.05, 0.1) is 5.60 Å². The maximum Gasteiger partial charge on any atom is 0.0706 e. The summed E-state index contributed by atoms with van der Waals surface area (Å²) in [7, 11) is 0. The summed E-state index contributed by atoms with van der Waals surface area (Å²) in [6, 6.07) is 0. The van der Waals surface area contributed by atoms with Gasteiger partial charge in [0.2, 0.25) is 0 Å². The summed E-state index contributed by atoms with van der Waals surface area (Å²) >= 11 is 0. The van der Waals surface area contributed by atoms with Crippen molar-refractivity contribution in [1.82, 2.24) is 0 Å². The van der Waals surface area contributed by atoms with Crippen molar-refractivity contribution in [3.8, 4) is 0 Å². The minimum atomic E-state index is -0.328. The topological polar surface area (TPSA) is 20.2 Å². The molecule has 2 saturated carbocycles. The summed E-state index contributed by atoms with van der Waals surface area (Å²) < 4.78 is 0. The van der Waals surface area contributed by atoms with E-state index in [1.165, 1.54) is 57.8 Å². The van der Waals surface area contributed by atoms with Crippen LogP contribution in [0.15, 0.2) is 0 Å². The Hall–Kier alpha value is -0.0400. The maximum atomic E-state index is 11.3. The van der Waals surface area contributed by atoms with Crippen LogP contribution < -0.4 is 0 Å². The van der Waals surface area contributed by atoms with E-state index in [0.29, 0.717) is 17.8 Å². The van der Waals surface area contributed by atoms with Crippen LogP contribution in [-0.4, -0.2) is 10.7 Å². The third-order valence-electron chi connectivity index (χ3n) is 5.11. The SMILES string of the molecule is CC(C)CC(O)(C1CCCCC1)C1CCCC1. The first-order valence-electron chi connectivity index (χ1n) is 7.85. The Labute approximate surface area is 107 Å². The Bertz CT molecular complexity index is 224. The first-order chi connectivity index (χ1) is 8.13. The molecule has 2 rings (SSSR count). The van der Waals surface area contributed by atoms with Crippen LogP contribution >= 0.6 is 0 Å². The summed E-state index contributed by atoms with van der Waals surface area (Å²) in [5.41, 5.74) is -0.328. The van der Waals surface area contributed by atoms with Crippen LogP contribution in [0, 0.1) is 17.8 Å². The fourth-order valence-corrected chi connectivity index (χ4v) is 4.35. The van der Waals surface area contributed by atoms with E-state index in [1.807, 2.05) is 0 Å². The molecule has 0 bridgehead atoms. The van der Waals surface area contributed by atoms with Gasteiger partial charge in [-0.3, -0.25) is 0 Å². The molecule has 100 valence electrons. The third-order valence-corrected chi connectivity index (χ3v) is 5.11. The van der Waals surface area contributed by atoms with E-state index in [9.17, 15) is 5.11 Å². The second-order valence-corrected chi connectivity index (χ2v) is 6.91. The third kappa shape index (κ3) is 3.05. The summed E-state index contributed by atoms with van der Waals surface area (Å²) in [6.45, 7) is 4.53. The molecule has 1 unspecified atom stereocenters. The summed E-state index contributed by atoms with van der Waals surface area (Å²) in [4.78, 5) is 0. The second kappa shape index (κ2) is 5.73. The van der Waals surface area contributed by atoms with Gasteiger partial charge in [-0.1, -0.05) is 46.0 Å². The molecule has 2 fully saturated rings. The van der Waals surface area contributed by atoms with Crippen molar-refractivity contribution in [2.45, 2.75) is 83.7 Å². The van der Waals surface area contributed by atoms with Gasteiger partial charge in [0.25, 0.3) is 0 Å². The molecule has 0 aromatic carbocycles. The standard InChI is InChI=1S/C16H30O/c1-13(2)12-16(17,15-10-6-7-11-15)14-8-4-3-5-9-14/h13-15,17H,3-12H2,1-2H3. The molecule has 1 N–H and O–H groups in total. The second-order valence-electron chi connectivity index (χ2n) is 6.91. The first kappa shape index (κ1) is 13.4. The Kier molecular flexibility index (Phi) is 4.52. The van der Waals surface area contributed by atoms with Gasteiger partial charge in [0, 0.05) is 0 Å².